The van der Waals surface area contributed by atoms with Gasteiger partial charge in [-0.2, -0.15) is 0 Å². The van der Waals surface area contributed by atoms with Crippen LogP contribution in [-0.4, -0.2) is 48.2 Å². The highest BCUT2D eigenvalue weighted by molar-refractivity contribution is 6.34. The number of carboxylic acid groups (broad SMARTS) is 1. The molecule has 1 aromatic carbocycles. The van der Waals surface area contributed by atoms with Gasteiger partial charge in [0, 0.05) is 19.1 Å². The zero-order valence-corrected chi connectivity index (χ0v) is 12.7. The SMILES string of the molecule is CCN(CC)C1CCN(c2cccc(Cl)c2C(=O)O)C1. The van der Waals surface area contributed by atoms with E-state index in [4.69, 9.17) is 11.6 Å². The average Bonchev–Trinajstić information content (AvgIpc) is 2.89. The molecule has 0 radical (unpaired) electrons. The molecule has 1 saturated heterocycles. The van der Waals surface area contributed by atoms with Gasteiger partial charge in [-0.25, -0.2) is 4.79 Å². The molecule has 0 aromatic heterocycles. The zero-order chi connectivity index (χ0) is 14.7. The second kappa shape index (κ2) is 6.46. The molecule has 4 nitrogen and oxygen atoms in total. The monoisotopic (exact) mass is 296 g/mol. The summed E-state index contributed by atoms with van der Waals surface area (Å²) >= 11 is 6.04. The second-order valence-corrected chi connectivity index (χ2v) is 5.46. The number of carboxylic acids is 1. The van der Waals surface area contributed by atoms with Gasteiger partial charge in [0.25, 0.3) is 0 Å². The van der Waals surface area contributed by atoms with Crippen LogP contribution < -0.4 is 4.90 Å². The number of nitrogens with zero attached hydrogens (tertiary/aromatic N) is 2. The largest absolute Gasteiger partial charge is 0.478 e. The molecule has 1 atom stereocenters. The van der Waals surface area contributed by atoms with E-state index >= 15 is 0 Å². The van der Waals surface area contributed by atoms with E-state index in [9.17, 15) is 9.90 Å². The highest BCUT2D eigenvalue weighted by Gasteiger charge is 2.29. The number of anilines is 1. The van der Waals surface area contributed by atoms with Crippen LogP contribution in [0.3, 0.4) is 0 Å². The van der Waals surface area contributed by atoms with E-state index in [1.165, 1.54) is 0 Å². The lowest BCUT2D eigenvalue weighted by Crippen LogP contribution is -2.37. The highest BCUT2D eigenvalue weighted by atomic mass is 35.5. The lowest BCUT2D eigenvalue weighted by molar-refractivity contribution is 0.0697. The van der Waals surface area contributed by atoms with Gasteiger partial charge in [0.1, 0.15) is 5.56 Å². The first-order valence-corrected chi connectivity index (χ1v) is 7.47. The van der Waals surface area contributed by atoms with Gasteiger partial charge in [-0.1, -0.05) is 31.5 Å². The minimum Gasteiger partial charge on any atom is -0.478 e. The zero-order valence-electron chi connectivity index (χ0n) is 12.0. The molecule has 1 aliphatic rings. The summed E-state index contributed by atoms with van der Waals surface area (Å²) in [5.41, 5.74) is 0.953. The molecule has 20 heavy (non-hydrogen) atoms. The molecular formula is C15H21ClN2O2. The van der Waals surface area contributed by atoms with Crippen LogP contribution in [0.4, 0.5) is 5.69 Å². The third-order valence-electron chi connectivity index (χ3n) is 4.04. The Hall–Kier alpha value is -1.26. The predicted molar refractivity (Wildman–Crippen MR) is 82.0 cm³/mol. The van der Waals surface area contributed by atoms with Gasteiger partial charge in [-0.15, -0.1) is 0 Å². The molecule has 110 valence electrons. The van der Waals surface area contributed by atoms with Gasteiger partial charge in [0.05, 0.1) is 10.7 Å². The van der Waals surface area contributed by atoms with E-state index in [2.05, 4.69) is 23.6 Å². The molecule has 1 aromatic rings. The van der Waals surface area contributed by atoms with Gasteiger partial charge in [-0.3, -0.25) is 4.90 Å². The summed E-state index contributed by atoms with van der Waals surface area (Å²) in [7, 11) is 0. The number of hydrogen-bond donors (Lipinski definition) is 1. The van der Waals surface area contributed by atoms with Crippen molar-refractivity contribution in [1.29, 1.82) is 0 Å². The summed E-state index contributed by atoms with van der Waals surface area (Å²) in [5, 5.41) is 9.66. The lowest BCUT2D eigenvalue weighted by Gasteiger charge is -2.27. The van der Waals surface area contributed by atoms with Gasteiger partial charge in [0.15, 0.2) is 0 Å². The van der Waals surface area contributed by atoms with Gasteiger partial charge in [0.2, 0.25) is 0 Å². The maximum atomic E-state index is 11.4. The smallest absolute Gasteiger partial charge is 0.339 e. The molecule has 1 fully saturated rings. The molecule has 0 saturated carbocycles. The Labute approximate surface area is 124 Å². The highest BCUT2D eigenvalue weighted by Crippen LogP contribution is 2.31. The molecule has 1 heterocycles. The summed E-state index contributed by atoms with van der Waals surface area (Å²) in [5.74, 6) is -0.961. The van der Waals surface area contributed by atoms with Crippen LogP contribution in [0.5, 0.6) is 0 Å². The minimum absolute atomic E-state index is 0.217. The van der Waals surface area contributed by atoms with Crippen molar-refractivity contribution in [2.24, 2.45) is 0 Å². The summed E-state index contributed by atoms with van der Waals surface area (Å²) in [6.45, 7) is 8.11. The molecule has 0 bridgehead atoms. The quantitative estimate of drug-likeness (QED) is 0.907. The molecule has 0 amide bonds. The number of halogens is 1. The maximum Gasteiger partial charge on any atom is 0.339 e. The number of hydrogen-bond acceptors (Lipinski definition) is 3. The Kier molecular flexibility index (Phi) is 4.89. The third kappa shape index (κ3) is 2.91. The van der Waals surface area contributed by atoms with Crippen molar-refractivity contribution in [3.63, 3.8) is 0 Å². The first-order valence-electron chi connectivity index (χ1n) is 7.09. The Morgan fingerprint density at radius 3 is 2.75 bits per heavy atom. The van der Waals surface area contributed by atoms with Crippen molar-refractivity contribution in [3.05, 3.63) is 28.8 Å². The first-order chi connectivity index (χ1) is 9.58. The molecular weight excluding hydrogens is 276 g/mol. The van der Waals surface area contributed by atoms with Crippen molar-refractivity contribution in [2.45, 2.75) is 26.3 Å². The molecule has 0 aliphatic carbocycles. The molecule has 2 rings (SSSR count). The minimum atomic E-state index is -0.961. The maximum absolute atomic E-state index is 11.4. The Balaban J connectivity index is 2.22. The fraction of sp³-hybridized carbons (Fsp3) is 0.533. The van der Waals surface area contributed by atoms with Crippen LogP contribution in [-0.2, 0) is 0 Å². The van der Waals surface area contributed by atoms with E-state index < -0.39 is 5.97 Å². The standard InChI is InChI=1S/C15H21ClN2O2/c1-3-17(4-2)11-8-9-18(10-11)13-7-5-6-12(16)14(13)15(19)20/h5-7,11H,3-4,8-10H2,1-2H3,(H,19,20). The average molecular weight is 297 g/mol. The van der Waals surface area contributed by atoms with Crippen molar-refractivity contribution >= 4 is 23.3 Å². The van der Waals surface area contributed by atoms with Crippen molar-refractivity contribution in [1.82, 2.24) is 4.90 Å². The van der Waals surface area contributed by atoms with E-state index in [1.807, 2.05) is 12.1 Å². The number of aromatic carboxylic acids is 1. The molecule has 1 N–H and O–H groups in total. The molecule has 1 unspecified atom stereocenters. The van der Waals surface area contributed by atoms with Crippen LogP contribution in [0.25, 0.3) is 0 Å². The first kappa shape index (κ1) is 15.1. The van der Waals surface area contributed by atoms with Crippen LogP contribution in [0.15, 0.2) is 18.2 Å². The van der Waals surface area contributed by atoms with Gasteiger partial charge >= 0.3 is 5.97 Å². The second-order valence-electron chi connectivity index (χ2n) is 5.05. The number of likely N-dealkylation sites (N-methyl/N-ethyl adjacent to an activating group) is 1. The Morgan fingerprint density at radius 2 is 2.15 bits per heavy atom. The van der Waals surface area contributed by atoms with E-state index in [0.29, 0.717) is 11.1 Å². The topological polar surface area (TPSA) is 43.8 Å². The van der Waals surface area contributed by atoms with E-state index in [0.717, 1.165) is 38.3 Å². The van der Waals surface area contributed by atoms with Crippen LogP contribution in [0, 0.1) is 0 Å². The van der Waals surface area contributed by atoms with Gasteiger partial charge in [-0.05, 0) is 31.6 Å². The van der Waals surface area contributed by atoms with Crippen molar-refractivity contribution in [3.8, 4) is 0 Å². The molecule has 1 aliphatic heterocycles. The summed E-state index contributed by atoms with van der Waals surface area (Å²) in [4.78, 5) is 16.0. The number of benzene rings is 1. The molecule has 0 spiro atoms. The normalized spacial score (nSPS) is 18.8. The van der Waals surface area contributed by atoms with Crippen LogP contribution in [0.2, 0.25) is 5.02 Å². The number of rotatable bonds is 5. The Bertz CT molecular complexity index is 489. The molecule has 5 heteroatoms. The van der Waals surface area contributed by atoms with E-state index in [-0.39, 0.29) is 5.56 Å². The van der Waals surface area contributed by atoms with E-state index in [1.54, 1.807) is 6.07 Å². The summed E-state index contributed by atoms with van der Waals surface area (Å²) in [6.07, 6.45) is 1.06. The fourth-order valence-corrected chi connectivity index (χ4v) is 3.24. The van der Waals surface area contributed by atoms with Gasteiger partial charge < -0.3 is 10.0 Å². The Morgan fingerprint density at radius 1 is 1.45 bits per heavy atom. The van der Waals surface area contributed by atoms with Crippen molar-refractivity contribution in [2.75, 3.05) is 31.1 Å². The number of carbonyl (C=O) groups is 1. The third-order valence-corrected chi connectivity index (χ3v) is 4.35. The summed E-state index contributed by atoms with van der Waals surface area (Å²) in [6, 6.07) is 5.78. The lowest BCUT2D eigenvalue weighted by atomic mass is 10.1. The van der Waals surface area contributed by atoms with Crippen molar-refractivity contribution < 1.29 is 9.90 Å². The predicted octanol–water partition coefficient (Wildman–Crippen LogP) is 2.96. The fourth-order valence-electron chi connectivity index (χ4n) is 2.99. The summed E-state index contributed by atoms with van der Waals surface area (Å²) < 4.78 is 0. The van der Waals surface area contributed by atoms with Crippen LogP contribution >= 0.6 is 11.6 Å². The van der Waals surface area contributed by atoms with Crippen LogP contribution in [0.1, 0.15) is 30.6 Å².